The van der Waals surface area contributed by atoms with E-state index in [1.165, 1.54) is 11.1 Å². The Morgan fingerprint density at radius 1 is 1.20 bits per heavy atom. The number of carboxylic acid groups (broad SMARTS) is 1. The standard InChI is InChI=1S/C17H19NO2/c1-3-16(13-9-7-12(2)8-10-13)18-15-6-4-5-14(11-15)17(19)20/h4-11,16,18H,3H2,1-2H3,(H,19,20). The van der Waals surface area contributed by atoms with E-state index in [1.54, 1.807) is 18.2 Å². The fourth-order valence-corrected chi connectivity index (χ4v) is 2.16. The van der Waals surface area contributed by atoms with Gasteiger partial charge in [0.2, 0.25) is 0 Å². The van der Waals surface area contributed by atoms with Gasteiger partial charge in [0.25, 0.3) is 0 Å². The van der Waals surface area contributed by atoms with Crippen LogP contribution in [0.1, 0.15) is 40.9 Å². The van der Waals surface area contributed by atoms with E-state index in [9.17, 15) is 4.79 Å². The Morgan fingerprint density at radius 3 is 2.50 bits per heavy atom. The molecule has 0 radical (unpaired) electrons. The van der Waals surface area contributed by atoms with Gasteiger partial charge in [-0.2, -0.15) is 0 Å². The Balaban J connectivity index is 2.19. The van der Waals surface area contributed by atoms with Crippen molar-refractivity contribution in [3.63, 3.8) is 0 Å². The van der Waals surface area contributed by atoms with Crippen molar-refractivity contribution in [2.75, 3.05) is 5.32 Å². The van der Waals surface area contributed by atoms with Crippen molar-refractivity contribution in [3.05, 3.63) is 65.2 Å². The van der Waals surface area contributed by atoms with E-state index in [0.717, 1.165) is 12.1 Å². The number of hydrogen-bond acceptors (Lipinski definition) is 2. The fourth-order valence-electron chi connectivity index (χ4n) is 2.16. The van der Waals surface area contributed by atoms with E-state index in [-0.39, 0.29) is 6.04 Å². The lowest BCUT2D eigenvalue weighted by Gasteiger charge is -2.19. The molecule has 0 bridgehead atoms. The van der Waals surface area contributed by atoms with Crippen molar-refractivity contribution in [2.24, 2.45) is 0 Å². The molecule has 0 fully saturated rings. The highest BCUT2D eigenvalue weighted by molar-refractivity contribution is 5.88. The van der Waals surface area contributed by atoms with E-state index < -0.39 is 5.97 Å². The quantitative estimate of drug-likeness (QED) is 0.852. The largest absolute Gasteiger partial charge is 0.478 e. The topological polar surface area (TPSA) is 49.3 Å². The molecule has 2 aromatic carbocycles. The van der Waals surface area contributed by atoms with E-state index in [1.807, 2.05) is 6.07 Å². The van der Waals surface area contributed by atoms with Gasteiger partial charge in [-0.05, 0) is 37.1 Å². The minimum absolute atomic E-state index is 0.180. The fraction of sp³-hybridized carbons (Fsp3) is 0.235. The zero-order valence-corrected chi connectivity index (χ0v) is 11.8. The monoisotopic (exact) mass is 269 g/mol. The first-order chi connectivity index (χ1) is 9.60. The van der Waals surface area contributed by atoms with Gasteiger partial charge >= 0.3 is 5.97 Å². The third kappa shape index (κ3) is 3.38. The first-order valence-electron chi connectivity index (χ1n) is 6.76. The molecule has 3 nitrogen and oxygen atoms in total. The van der Waals surface area contributed by atoms with Crippen LogP contribution in [0.25, 0.3) is 0 Å². The summed E-state index contributed by atoms with van der Waals surface area (Å²) in [4.78, 5) is 11.0. The van der Waals surface area contributed by atoms with E-state index in [2.05, 4.69) is 43.4 Å². The van der Waals surface area contributed by atoms with Crippen molar-refractivity contribution in [1.82, 2.24) is 0 Å². The number of carbonyl (C=O) groups is 1. The van der Waals surface area contributed by atoms with Crippen molar-refractivity contribution >= 4 is 11.7 Å². The molecule has 0 aliphatic rings. The molecule has 20 heavy (non-hydrogen) atoms. The first kappa shape index (κ1) is 14.1. The predicted octanol–water partition coefficient (Wildman–Crippen LogP) is 4.26. The summed E-state index contributed by atoms with van der Waals surface area (Å²) < 4.78 is 0. The molecule has 2 N–H and O–H groups in total. The van der Waals surface area contributed by atoms with E-state index in [4.69, 9.17) is 5.11 Å². The summed E-state index contributed by atoms with van der Waals surface area (Å²) in [5.74, 6) is -0.906. The van der Waals surface area contributed by atoms with Crippen molar-refractivity contribution in [2.45, 2.75) is 26.3 Å². The maximum Gasteiger partial charge on any atom is 0.335 e. The molecule has 3 heteroatoms. The van der Waals surface area contributed by atoms with Gasteiger partial charge in [-0.25, -0.2) is 4.79 Å². The van der Waals surface area contributed by atoms with Crippen LogP contribution < -0.4 is 5.32 Å². The molecule has 0 saturated heterocycles. The normalized spacial score (nSPS) is 11.9. The van der Waals surface area contributed by atoms with Crippen LogP contribution in [0.3, 0.4) is 0 Å². The molecule has 0 saturated carbocycles. The van der Waals surface area contributed by atoms with Crippen molar-refractivity contribution < 1.29 is 9.90 Å². The average molecular weight is 269 g/mol. The van der Waals surface area contributed by atoms with Gasteiger partial charge < -0.3 is 10.4 Å². The molecular formula is C17H19NO2. The summed E-state index contributed by atoms with van der Waals surface area (Å²) in [6, 6.07) is 15.5. The summed E-state index contributed by atoms with van der Waals surface area (Å²) >= 11 is 0. The van der Waals surface area contributed by atoms with Crippen molar-refractivity contribution in [3.8, 4) is 0 Å². The average Bonchev–Trinajstić information content (AvgIpc) is 2.46. The summed E-state index contributed by atoms with van der Waals surface area (Å²) in [5.41, 5.74) is 3.57. The lowest BCUT2D eigenvalue weighted by Crippen LogP contribution is -2.10. The number of hydrogen-bond donors (Lipinski definition) is 2. The summed E-state index contributed by atoms with van der Waals surface area (Å²) in [7, 11) is 0. The van der Waals surface area contributed by atoms with Gasteiger partial charge in [-0.3, -0.25) is 0 Å². The first-order valence-corrected chi connectivity index (χ1v) is 6.76. The number of benzene rings is 2. The molecule has 2 rings (SSSR count). The molecule has 0 aliphatic heterocycles. The van der Waals surface area contributed by atoms with Gasteiger partial charge in [0.15, 0.2) is 0 Å². The molecule has 0 heterocycles. The molecule has 1 unspecified atom stereocenters. The number of nitrogens with one attached hydrogen (secondary N) is 1. The molecular weight excluding hydrogens is 250 g/mol. The summed E-state index contributed by atoms with van der Waals surface area (Å²) in [6.07, 6.45) is 0.931. The van der Waals surface area contributed by atoms with Crippen LogP contribution in [0.5, 0.6) is 0 Å². The van der Waals surface area contributed by atoms with Gasteiger partial charge in [0.1, 0.15) is 0 Å². The highest BCUT2D eigenvalue weighted by Crippen LogP contribution is 2.23. The van der Waals surface area contributed by atoms with Crippen molar-refractivity contribution in [1.29, 1.82) is 0 Å². The zero-order valence-electron chi connectivity index (χ0n) is 11.8. The van der Waals surface area contributed by atoms with Crippen LogP contribution in [-0.4, -0.2) is 11.1 Å². The summed E-state index contributed by atoms with van der Waals surface area (Å²) in [5, 5.41) is 12.4. The molecule has 1 atom stereocenters. The maximum atomic E-state index is 11.0. The molecule has 0 spiro atoms. The number of carboxylic acids is 1. The molecule has 104 valence electrons. The molecule has 0 amide bonds. The van der Waals surface area contributed by atoms with Gasteiger partial charge in [-0.1, -0.05) is 42.8 Å². The summed E-state index contributed by atoms with van der Waals surface area (Å²) in [6.45, 7) is 4.17. The minimum atomic E-state index is -0.906. The van der Waals surface area contributed by atoms with Crippen LogP contribution in [0.2, 0.25) is 0 Å². The van der Waals surface area contributed by atoms with Gasteiger partial charge in [-0.15, -0.1) is 0 Å². The highest BCUT2D eigenvalue weighted by Gasteiger charge is 2.10. The van der Waals surface area contributed by atoms with Crippen LogP contribution in [0.4, 0.5) is 5.69 Å². The Bertz CT molecular complexity index is 590. The minimum Gasteiger partial charge on any atom is -0.478 e. The zero-order chi connectivity index (χ0) is 14.5. The van der Waals surface area contributed by atoms with E-state index >= 15 is 0 Å². The molecule has 0 aliphatic carbocycles. The lowest BCUT2D eigenvalue weighted by molar-refractivity contribution is 0.0697. The van der Waals surface area contributed by atoms with Gasteiger partial charge in [0.05, 0.1) is 11.6 Å². The Kier molecular flexibility index (Phi) is 4.41. The maximum absolute atomic E-state index is 11.0. The van der Waals surface area contributed by atoms with Crippen LogP contribution in [0, 0.1) is 6.92 Å². The van der Waals surface area contributed by atoms with Crippen LogP contribution in [-0.2, 0) is 0 Å². The second-order valence-corrected chi connectivity index (χ2v) is 4.90. The number of aryl methyl sites for hydroxylation is 1. The number of aromatic carboxylic acids is 1. The SMILES string of the molecule is CCC(Nc1cccc(C(=O)O)c1)c1ccc(C)cc1. The second kappa shape index (κ2) is 6.24. The Morgan fingerprint density at radius 2 is 1.90 bits per heavy atom. The highest BCUT2D eigenvalue weighted by atomic mass is 16.4. The van der Waals surface area contributed by atoms with Crippen LogP contribution >= 0.6 is 0 Å². The van der Waals surface area contributed by atoms with E-state index in [0.29, 0.717) is 5.56 Å². The molecule has 0 aromatic heterocycles. The molecule has 2 aromatic rings. The number of anilines is 1. The van der Waals surface area contributed by atoms with Crippen LogP contribution in [0.15, 0.2) is 48.5 Å². The third-order valence-corrected chi connectivity index (χ3v) is 3.34. The lowest BCUT2D eigenvalue weighted by atomic mass is 10.0. The van der Waals surface area contributed by atoms with Gasteiger partial charge in [0, 0.05) is 5.69 Å². The second-order valence-electron chi connectivity index (χ2n) is 4.90. The predicted molar refractivity (Wildman–Crippen MR) is 81.2 cm³/mol. The third-order valence-electron chi connectivity index (χ3n) is 3.34. The Labute approximate surface area is 119 Å². The smallest absolute Gasteiger partial charge is 0.335 e. The Hall–Kier alpha value is -2.29. The number of rotatable bonds is 5.